The molecule has 1 aromatic heterocycles. The van der Waals surface area contributed by atoms with Gasteiger partial charge in [-0.2, -0.15) is 0 Å². The van der Waals surface area contributed by atoms with Crippen LogP contribution >= 0.6 is 11.3 Å². The van der Waals surface area contributed by atoms with E-state index in [0.717, 1.165) is 6.54 Å². The van der Waals surface area contributed by atoms with Gasteiger partial charge in [0.25, 0.3) is 0 Å². The molecule has 0 aliphatic heterocycles. The molecule has 1 aromatic rings. The SMILES string of the molecule is CC(CC(=O)O)N(C)Cc1cccs1. The lowest BCUT2D eigenvalue weighted by molar-refractivity contribution is -0.138. The summed E-state index contributed by atoms with van der Waals surface area (Å²) in [6.07, 6.45) is 0.196. The van der Waals surface area contributed by atoms with Gasteiger partial charge in [-0.15, -0.1) is 11.3 Å². The van der Waals surface area contributed by atoms with E-state index in [0.29, 0.717) is 0 Å². The number of nitrogens with zero attached hydrogens (tertiary/aromatic N) is 1. The van der Waals surface area contributed by atoms with Crippen LogP contribution in [0.5, 0.6) is 0 Å². The zero-order chi connectivity index (χ0) is 10.6. The number of thiophene rings is 1. The van der Waals surface area contributed by atoms with Crippen molar-refractivity contribution in [3.63, 3.8) is 0 Å². The first kappa shape index (κ1) is 11.2. The number of aliphatic carboxylic acids is 1. The average molecular weight is 213 g/mol. The number of hydrogen-bond donors (Lipinski definition) is 1. The number of hydrogen-bond acceptors (Lipinski definition) is 3. The van der Waals surface area contributed by atoms with Gasteiger partial charge in [0.05, 0.1) is 6.42 Å². The summed E-state index contributed by atoms with van der Waals surface area (Å²) in [7, 11) is 1.95. The number of carboxylic acids is 1. The molecule has 0 aliphatic carbocycles. The highest BCUT2D eigenvalue weighted by atomic mass is 32.1. The lowest BCUT2D eigenvalue weighted by Crippen LogP contribution is -2.30. The van der Waals surface area contributed by atoms with Crippen LogP contribution in [-0.4, -0.2) is 29.1 Å². The summed E-state index contributed by atoms with van der Waals surface area (Å²) in [4.78, 5) is 13.8. The summed E-state index contributed by atoms with van der Waals surface area (Å²) < 4.78 is 0. The molecule has 0 saturated carbocycles. The van der Waals surface area contributed by atoms with Crippen molar-refractivity contribution in [2.24, 2.45) is 0 Å². The maximum absolute atomic E-state index is 10.5. The quantitative estimate of drug-likeness (QED) is 0.813. The monoisotopic (exact) mass is 213 g/mol. The van der Waals surface area contributed by atoms with Crippen LogP contribution in [0.3, 0.4) is 0 Å². The molecule has 0 aromatic carbocycles. The fraction of sp³-hybridized carbons (Fsp3) is 0.500. The first-order chi connectivity index (χ1) is 6.59. The van der Waals surface area contributed by atoms with Crippen molar-refractivity contribution in [2.75, 3.05) is 7.05 Å². The Balaban J connectivity index is 2.41. The van der Waals surface area contributed by atoms with Crippen molar-refractivity contribution in [3.05, 3.63) is 22.4 Å². The Kier molecular flexibility index (Phi) is 4.10. The van der Waals surface area contributed by atoms with Gasteiger partial charge in [-0.1, -0.05) is 6.07 Å². The Labute approximate surface area is 88.0 Å². The zero-order valence-corrected chi connectivity index (χ0v) is 9.25. The maximum atomic E-state index is 10.5. The molecule has 4 heteroatoms. The highest BCUT2D eigenvalue weighted by molar-refractivity contribution is 7.09. The van der Waals surface area contributed by atoms with E-state index in [1.54, 1.807) is 11.3 Å². The summed E-state index contributed by atoms with van der Waals surface area (Å²) in [5.74, 6) is -0.740. The Morgan fingerprint density at radius 2 is 2.43 bits per heavy atom. The molecular formula is C10H15NO2S. The van der Waals surface area contributed by atoms with Crippen molar-refractivity contribution in [1.82, 2.24) is 4.90 Å². The van der Waals surface area contributed by atoms with Crippen LogP contribution in [0.15, 0.2) is 17.5 Å². The van der Waals surface area contributed by atoms with Crippen molar-refractivity contribution >= 4 is 17.3 Å². The standard InChI is InChI=1S/C10H15NO2S/c1-8(6-10(12)13)11(2)7-9-4-3-5-14-9/h3-5,8H,6-7H2,1-2H3,(H,12,13). The van der Waals surface area contributed by atoms with Crippen LogP contribution < -0.4 is 0 Å². The minimum Gasteiger partial charge on any atom is -0.481 e. The molecular weight excluding hydrogens is 198 g/mol. The van der Waals surface area contributed by atoms with Gasteiger partial charge in [0.15, 0.2) is 0 Å². The lowest BCUT2D eigenvalue weighted by atomic mass is 10.2. The largest absolute Gasteiger partial charge is 0.481 e. The number of carbonyl (C=O) groups is 1. The molecule has 0 spiro atoms. The fourth-order valence-electron chi connectivity index (χ4n) is 1.21. The van der Waals surface area contributed by atoms with E-state index in [2.05, 4.69) is 11.0 Å². The molecule has 0 radical (unpaired) electrons. The van der Waals surface area contributed by atoms with Gasteiger partial charge in [0, 0.05) is 17.5 Å². The summed E-state index contributed by atoms with van der Waals surface area (Å²) in [6, 6.07) is 4.15. The second kappa shape index (κ2) is 5.12. The van der Waals surface area contributed by atoms with Gasteiger partial charge in [0.1, 0.15) is 0 Å². The Morgan fingerprint density at radius 1 is 1.71 bits per heavy atom. The normalized spacial score (nSPS) is 13.1. The van der Waals surface area contributed by atoms with Crippen LogP contribution in [-0.2, 0) is 11.3 Å². The van der Waals surface area contributed by atoms with Crippen molar-refractivity contribution in [3.8, 4) is 0 Å². The molecule has 0 fully saturated rings. The van der Waals surface area contributed by atoms with E-state index in [4.69, 9.17) is 5.11 Å². The molecule has 3 nitrogen and oxygen atoms in total. The van der Waals surface area contributed by atoms with Gasteiger partial charge >= 0.3 is 5.97 Å². The summed E-state index contributed by atoms with van der Waals surface area (Å²) >= 11 is 1.70. The van der Waals surface area contributed by atoms with Crippen LogP contribution in [0.1, 0.15) is 18.2 Å². The molecule has 1 heterocycles. The molecule has 0 amide bonds. The van der Waals surface area contributed by atoms with E-state index >= 15 is 0 Å². The van der Waals surface area contributed by atoms with E-state index in [1.807, 2.05) is 25.4 Å². The van der Waals surface area contributed by atoms with Gasteiger partial charge < -0.3 is 5.11 Å². The topological polar surface area (TPSA) is 40.5 Å². The third-order valence-corrected chi connectivity index (χ3v) is 3.07. The minimum absolute atomic E-state index is 0.0783. The smallest absolute Gasteiger partial charge is 0.304 e. The molecule has 1 atom stereocenters. The molecule has 0 bridgehead atoms. The van der Waals surface area contributed by atoms with Crippen LogP contribution in [0, 0.1) is 0 Å². The second-order valence-corrected chi connectivity index (χ2v) is 4.47. The highest BCUT2D eigenvalue weighted by Gasteiger charge is 2.13. The van der Waals surface area contributed by atoms with Crippen LogP contribution in [0.2, 0.25) is 0 Å². The third-order valence-electron chi connectivity index (χ3n) is 2.21. The summed E-state index contributed by atoms with van der Waals surface area (Å²) in [5.41, 5.74) is 0. The van der Waals surface area contributed by atoms with E-state index in [9.17, 15) is 4.79 Å². The van der Waals surface area contributed by atoms with Gasteiger partial charge in [0.2, 0.25) is 0 Å². The minimum atomic E-state index is -0.740. The van der Waals surface area contributed by atoms with E-state index < -0.39 is 5.97 Å². The number of rotatable bonds is 5. The Morgan fingerprint density at radius 3 is 2.93 bits per heavy atom. The van der Waals surface area contributed by atoms with E-state index in [1.165, 1.54) is 4.88 Å². The molecule has 1 N–H and O–H groups in total. The summed E-state index contributed by atoms with van der Waals surface area (Å²) in [5, 5.41) is 10.7. The fourth-order valence-corrected chi connectivity index (χ4v) is 1.98. The van der Waals surface area contributed by atoms with Gasteiger partial charge in [-0.25, -0.2) is 0 Å². The lowest BCUT2D eigenvalue weighted by Gasteiger charge is -2.22. The summed E-state index contributed by atoms with van der Waals surface area (Å²) in [6.45, 7) is 2.76. The highest BCUT2D eigenvalue weighted by Crippen LogP contribution is 2.13. The molecule has 1 unspecified atom stereocenters. The Hall–Kier alpha value is -0.870. The second-order valence-electron chi connectivity index (χ2n) is 3.44. The van der Waals surface area contributed by atoms with Gasteiger partial charge in [-0.05, 0) is 25.4 Å². The average Bonchev–Trinajstić information content (AvgIpc) is 2.55. The molecule has 78 valence electrons. The predicted octanol–water partition coefficient (Wildman–Crippen LogP) is 2.04. The van der Waals surface area contributed by atoms with Crippen molar-refractivity contribution < 1.29 is 9.90 Å². The van der Waals surface area contributed by atoms with Crippen molar-refractivity contribution in [1.29, 1.82) is 0 Å². The van der Waals surface area contributed by atoms with Gasteiger partial charge in [-0.3, -0.25) is 9.69 Å². The van der Waals surface area contributed by atoms with Crippen LogP contribution in [0.4, 0.5) is 0 Å². The predicted molar refractivity (Wildman–Crippen MR) is 57.5 cm³/mol. The first-order valence-electron chi connectivity index (χ1n) is 4.54. The Bertz CT molecular complexity index is 284. The van der Waals surface area contributed by atoms with Crippen molar-refractivity contribution in [2.45, 2.75) is 25.9 Å². The molecule has 0 aliphatic rings. The first-order valence-corrected chi connectivity index (χ1v) is 5.42. The van der Waals surface area contributed by atoms with E-state index in [-0.39, 0.29) is 12.5 Å². The zero-order valence-electron chi connectivity index (χ0n) is 8.43. The maximum Gasteiger partial charge on any atom is 0.304 e. The van der Waals surface area contributed by atoms with Crippen LogP contribution in [0.25, 0.3) is 0 Å². The molecule has 14 heavy (non-hydrogen) atoms. The number of carboxylic acid groups (broad SMARTS) is 1. The molecule has 1 rings (SSSR count). The molecule has 0 saturated heterocycles. The third kappa shape index (κ3) is 3.47.